The molecule has 0 radical (unpaired) electrons. The van der Waals surface area contributed by atoms with Gasteiger partial charge in [-0.1, -0.05) is 36.4 Å². The Morgan fingerprint density at radius 1 is 0.903 bits per heavy atom. The SMILES string of the molecule is Cc1cccc(C)c1NC(=S)NNC(=O)c1cc(-c2ccncc2)nc2ccccc12. The molecule has 1 amide bonds. The van der Waals surface area contributed by atoms with Crippen molar-refractivity contribution < 1.29 is 4.79 Å². The number of amides is 1. The zero-order valence-electron chi connectivity index (χ0n) is 17.1. The van der Waals surface area contributed by atoms with Gasteiger partial charge in [-0.2, -0.15) is 0 Å². The molecule has 2 aromatic heterocycles. The molecule has 7 heteroatoms. The van der Waals surface area contributed by atoms with Gasteiger partial charge in [-0.15, -0.1) is 0 Å². The summed E-state index contributed by atoms with van der Waals surface area (Å²) in [6, 6.07) is 19.0. The fourth-order valence-corrected chi connectivity index (χ4v) is 3.52. The summed E-state index contributed by atoms with van der Waals surface area (Å²) in [4.78, 5) is 21.8. The number of carbonyl (C=O) groups excluding carboxylic acids is 1. The van der Waals surface area contributed by atoms with Crippen LogP contribution in [0.25, 0.3) is 22.2 Å². The number of para-hydroxylation sites is 2. The molecule has 0 aliphatic carbocycles. The average molecular weight is 428 g/mol. The molecule has 4 rings (SSSR count). The average Bonchev–Trinajstić information content (AvgIpc) is 2.80. The van der Waals surface area contributed by atoms with Crippen LogP contribution in [0.4, 0.5) is 5.69 Å². The molecule has 31 heavy (non-hydrogen) atoms. The van der Waals surface area contributed by atoms with Crippen molar-refractivity contribution in [3.8, 4) is 11.3 Å². The third kappa shape index (κ3) is 4.51. The molecule has 2 heterocycles. The van der Waals surface area contributed by atoms with Crippen molar-refractivity contribution in [1.82, 2.24) is 20.8 Å². The lowest BCUT2D eigenvalue weighted by atomic mass is 10.0. The number of pyridine rings is 2. The summed E-state index contributed by atoms with van der Waals surface area (Å²) in [6.07, 6.45) is 3.40. The Morgan fingerprint density at radius 3 is 2.35 bits per heavy atom. The molecule has 0 atom stereocenters. The first-order chi connectivity index (χ1) is 15.0. The second kappa shape index (κ2) is 8.89. The molecule has 0 unspecified atom stereocenters. The van der Waals surface area contributed by atoms with Gasteiger partial charge in [-0.25, -0.2) is 4.98 Å². The monoisotopic (exact) mass is 427 g/mol. The fourth-order valence-electron chi connectivity index (χ4n) is 3.37. The molecule has 0 aliphatic rings. The van der Waals surface area contributed by atoms with E-state index in [-0.39, 0.29) is 5.91 Å². The van der Waals surface area contributed by atoms with Gasteiger partial charge in [0, 0.05) is 29.0 Å². The van der Waals surface area contributed by atoms with E-state index < -0.39 is 0 Å². The molecule has 154 valence electrons. The number of hydrazine groups is 1. The van der Waals surface area contributed by atoms with E-state index in [0.717, 1.165) is 33.3 Å². The number of aryl methyl sites for hydroxylation is 2. The molecule has 0 aliphatic heterocycles. The van der Waals surface area contributed by atoms with E-state index >= 15 is 0 Å². The van der Waals surface area contributed by atoms with Crippen LogP contribution in [0.5, 0.6) is 0 Å². The van der Waals surface area contributed by atoms with Crippen LogP contribution < -0.4 is 16.2 Å². The minimum Gasteiger partial charge on any atom is -0.331 e. The highest BCUT2D eigenvalue weighted by atomic mass is 32.1. The standard InChI is InChI=1S/C24H21N5OS/c1-15-6-5-7-16(2)22(15)27-24(31)29-28-23(30)19-14-21(17-10-12-25-13-11-17)26-20-9-4-3-8-18(19)20/h3-14H,1-2H3,(H,28,30)(H2,27,29,31). The molecular formula is C24H21N5OS. The van der Waals surface area contributed by atoms with Crippen LogP contribution in [0.15, 0.2) is 73.1 Å². The first kappa shape index (κ1) is 20.4. The summed E-state index contributed by atoms with van der Waals surface area (Å²) in [5.74, 6) is -0.306. The maximum Gasteiger partial charge on any atom is 0.270 e. The quantitative estimate of drug-likeness (QED) is 0.329. The zero-order valence-corrected chi connectivity index (χ0v) is 18.0. The van der Waals surface area contributed by atoms with Crippen molar-refractivity contribution in [3.05, 3.63) is 89.7 Å². The van der Waals surface area contributed by atoms with Crippen molar-refractivity contribution in [2.24, 2.45) is 0 Å². The molecule has 3 N–H and O–H groups in total. The number of hydrogen-bond donors (Lipinski definition) is 3. The minimum absolute atomic E-state index is 0.304. The van der Waals surface area contributed by atoms with Gasteiger partial charge in [0.2, 0.25) is 0 Å². The van der Waals surface area contributed by atoms with Crippen LogP contribution >= 0.6 is 12.2 Å². The van der Waals surface area contributed by atoms with Crippen molar-refractivity contribution in [2.75, 3.05) is 5.32 Å². The molecule has 0 saturated carbocycles. The van der Waals surface area contributed by atoms with Crippen molar-refractivity contribution in [3.63, 3.8) is 0 Å². The van der Waals surface area contributed by atoms with Gasteiger partial charge < -0.3 is 5.32 Å². The van der Waals surface area contributed by atoms with E-state index in [4.69, 9.17) is 17.2 Å². The largest absolute Gasteiger partial charge is 0.331 e. The lowest BCUT2D eigenvalue weighted by molar-refractivity contribution is 0.0946. The summed E-state index contributed by atoms with van der Waals surface area (Å²) < 4.78 is 0. The highest BCUT2D eigenvalue weighted by molar-refractivity contribution is 7.80. The van der Waals surface area contributed by atoms with Gasteiger partial charge in [-0.05, 0) is 61.5 Å². The predicted octanol–water partition coefficient (Wildman–Crippen LogP) is 4.55. The Balaban J connectivity index is 1.57. The molecule has 0 fully saturated rings. The van der Waals surface area contributed by atoms with E-state index in [9.17, 15) is 4.79 Å². The maximum absolute atomic E-state index is 13.0. The Kier molecular flexibility index (Phi) is 5.86. The highest BCUT2D eigenvalue weighted by Gasteiger charge is 2.14. The Labute approximate surface area is 185 Å². The number of hydrogen-bond acceptors (Lipinski definition) is 4. The van der Waals surface area contributed by atoms with Crippen LogP contribution in [-0.2, 0) is 0 Å². The fraction of sp³-hybridized carbons (Fsp3) is 0.0833. The van der Waals surface area contributed by atoms with Crippen LogP contribution in [-0.4, -0.2) is 21.0 Å². The molecule has 6 nitrogen and oxygen atoms in total. The minimum atomic E-state index is -0.306. The second-order valence-electron chi connectivity index (χ2n) is 7.11. The van der Waals surface area contributed by atoms with E-state index in [1.54, 1.807) is 18.5 Å². The number of benzene rings is 2. The van der Waals surface area contributed by atoms with Gasteiger partial charge in [-0.3, -0.25) is 20.6 Å². The molecule has 0 spiro atoms. The van der Waals surface area contributed by atoms with Gasteiger partial charge >= 0.3 is 0 Å². The third-order valence-corrected chi connectivity index (χ3v) is 5.15. The number of nitrogens with zero attached hydrogens (tertiary/aromatic N) is 2. The van der Waals surface area contributed by atoms with Gasteiger partial charge in [0.1, 0.15) is 0 Å². The summed E-state index contributed by atoms with van der Waals surface area (Å²) >= 11 is 5.37. The van der Waals surface area contributed by atoms with E-state index in [0.29, 0.717) is 16.4 Å². The summed E-state index contributed by atoms with van der Waals surface area (Å²) in [6.45, 7) is 4.00. The first-order valence-corrected chi connectivity index (χ1v) is 10.2. The molecule has 0 saturated heterocycles. The molecule has 4 aromatic rings. The molecule has 2 aromatic carbocycles. The normalized spacial score (nSPS) is 10.5. The van der Waals surface area contributed by atoms with Crippen molar-refractivity contribution in [2.45, 2.75) is 13.8 Å². The summed E-state index contributed by atoms with van der Waals surface area (Å²) in [5, 5.41) is 4.21. The number of nitrogens with one attached hydrogen (secondary N) is 3. The number of fused-ring (bicyclic) bond motifs is 1. The smallest absolute Gasteiger partial charge is 0.270 e. The Hall–Kier alpha value is -3.84. The van der Waals surface area contributed by atoms with Crippen LogP contribution in [0.2, 0.25) is 0 Å². The van der Waals surface area contributed by atoms with E-state index in [1.807, 2.05) is 68.4 Å². The predicted molar refractivity (Wildman–Crippen MR) is 128 cm³/mol. The second-order valence-corrected chi connectivity index (χ2v) is 7.52. The number of thiocarbonyl (C=S) groups is 1. The molecular weight excluding hydrogens is 406 g/mol. The van der Waals surface area contributed by atoms with Gasteiger partial charge in [0.15, 0.2) is 5.11 Å². The van der Waals surface area contributed by atoms with Crippen LogP contribution in [0.1, 0.15) is 21.5 Å². The van der Waals surface area contributed by atoms with E-state index in [2.05, 4.69) is 21.2 Å². The van der Waals surface area contributed by atoms with Crippen molar-refractivity contribution in [1.29, 1.82) is 0 Å². The third-order valence-electron chi connectivity index (χ3n) is 4.95. The van der Waals surface area contributed by atoms with Crippen molar-refractivity contribution >= 4 is 39.8 Å². The van der Waals surface area contributed by atoms with E-state index in [1.165, 1.54) is 0 Å². The zero-order chi connectivity index (χ0) is 21.8. The number of anilines is 1. The lowest BCUT2D eigenvalue weighted by Crippen LogP contribution is -2.44. The van der Waals surface area contributed by atoms with Gasteiger partial charge in [0.25, 0.3) is 5.91 Å². The first-order valence-electron chi connectivity index (χ1n) is 9.76. The number of carbonyl (C=O) groups is 1. The topological polar surface area (TPSA) is 78.9 Å². The maximum atomic E-state index is 13.0. The van der Waals surface area contributed by atoms with Crippen LogP contribution in [0, 0.1) is 13.8 Å². The Bertz CT molecular complexity index is 1250. The Morgan fingerprint density at radius 2 is 1.61 bits per heavy atom. The van der Waals surface area contributed by atoms with Gasteiger partial charge in [0.05, 0.1) is 16.8 Å². The molecule has 0 bridgehead atoms. The number of aromatic nitrogens is 2. The number of rotatable bonds is 3. The highest BCUT2D eigenvalue weighted by Crippen LogP contribution is 2.24. The van der Waals surface area contributed by atoms with Crippen LogP contribution in [0.3, 0.4) is 0 Å². The lowest BCUT2D eigenvalue weighted by Gasteiger charge is -2.16. The summed E-state index contributed by atoms with van der Waals surface area (Å²) in [7, 11) is 0. The summed E-state index contributed by atoms with van der Waals surface area (Å²) in [5.41, 5.74) is 11.4.